The third-order valence-corrected chi connectivity index (χ3v) is 5.83. The van der Waals surface area contributed by atoms with Gasteiger partial charge in [0, 0.05) is 7.11 Å². The summed E-state index contributed by atoms with van der Waals surface area (Å²) in [7, 11) is 1.26. The number of carbonyl (C=O) groups is 3. The van der Waals surface area contributed by atoms with Crippen LogP contribution >= 0.6 is 0 Å². The van der Waals surface area contributed by atoms with Crippen LogP contribution in [0.3, 0.4) is 0 Å². The highest BCUT2D eigenvalue weighted by Crippen LogP contribution is 2.30. The second kappa shape index (κ2) is 17.5. The molecule has 13 N–H and O–H groups in total. The van der Waals surface area contributed by atoms with Crippen LogP contribution in [-0.4, -0.2) is 105 Å². The van der Waals surface area contributed by atoms with E-state index in [0.29, 0.717) is 38.9 Å². The van der Waals surface area contributed by atoms with Gasteiger partial charge in [-0.2, -0.15) is 0 Å². The predicted octanol–water partition coefficient (Wildman–Crippen LogP) is -3.72. The molecule has 1 heterocycles. The van der Waals surface area contributed by atoms with Crippen molar-refractivity contribution in [2.75, 3.05) is 33.4 Å². The first-order valence-electron chi connectivity index (χ1n) is 12.4. The van der Waals surface area contributed by atoms with Gasteiger partial charge >= 0.3 is 17.9 Å². The molecule has 0 amide bonds. The van der Waals surface area contributed by atoms with E-state index in [4.69, 9.17) is 58.1 Å². The molecule has 0 bridgehead atoms. The molecule has 0 radical (unpaired) electrons. The van der Waals surface area contributed by atoms with E-state index in [2.05, 4.69) is 0 Å². The molecule has 0 saturated carbocycles. The SMILES string of the molecule is CO[C@H]1O[C@H](CO)[C@@H](OC(=O)[C@@H](N)CCCN)[C@H](OC(=O)[C@@H](N)CCCN)[C@H]1OC(=O)[C@@H](N)CCCN. The summed E-state index contributed by atoms with van der Waals surface area (Å²) in [4.78, 5) is 38.3. The minimum absolute atomic E-state index is 0.221. The lowest BCUT2D eigenvalue weighted by molar-refractivity contribution is -0.303. The van der Waals surface area contributed by atoms with Crippen LogP contribution in [0, 0.1) is 0 Å². The van der Waals surface area contributed by atoms with E-state index in [1.807, 2.05) is 0 Å². The first kappa shape index (κ1) is 33.1. The Morgan fingerprint density at radius 1 is 0.730 bits per heavy atom. The van der Waals surface area contributed by atoms with E-state index in [1.165, 1.54) is 7.11 Å². The average molecular weight is 537 g/mol. The van der Waals surface area contributed by atoms with E-state index < -0.39 is 73.3 Å². The summed E-state index contributed by atoms with van der Waals surface area (Å²) in [5, 5.41) is 9.96. The summed E-state index contributed by atoms with van der Waals surface area (Å²) < 4.78 is 27.7. The van der Waals surface area contributed by atoms with E-state index in [1.54, 1.807) is 0 Å². The quantitative estimate of drug-likeness (QED) is 0.0695. The number of carbonyl (C=O) groups excluding carboxylic acids is 3. The highest BCUT2D eigenvalue weighted by Gasteiger charge is 2.53. The van der Waals surface area contributed by atoms with Crippen LogP contribution in [0.5, 0.6) is 0 Å². The third kappa shape index (κ3) is 10.4. The largest absolute Gasteiger partial charge is 0.454 e. The topological polar surface area (TPSA) is 274 Å². The molecule has 15 heteroatoms. The van der Waals surface area contributed by atoms with Crippen LogP contribution in [0.4, 0.5) is 0 Å². The second-order valence-electron chi connectivity index (χ2n) is 8.78. The molecule has 0 aliphatic carbocycles. The van der Waals surface area contributed by atoms with Gasteiger partial charge in [-0.25, -0.2) is 0 Å². The fraction of sp³-hybridized carbons (Fsp3) is 0.864. The number of hydrogen-bond donors (Lipinski definition) is 7. The molecule has 0 spiro atoms. The molecule has 1 aliphatic rings. The number of nitrogens with two attached hydrogens (primary N) is 6. The zero-order chi connectivity index (χ0) is 28.0. The van der Waals surface area contributed by atoms with Crippen LogP contribution in [0.15, 0.2) is 0 Å². The highest BCUT2D eigenvalue weighted by atomic mass is 16.7. The minimum Gasteiger partial charge on any atom is -0.454 e. The molecular weight excluding hydrogens is 492 g/mol. The Morgan fingerprint density at radius 2 is 1.11 bits per heavy atom. The number of aliphatic hydroxyl groups is 1. The van der Waals surface area contributed by atoms with Gasteiger partial charge in [0.1, 0.15) is 24.2 Å². The molecule has 0 aromatic rings. The Balaban J connectivity index is 3.30. The number of aliphatic hydroxyl groups excluding tert-OH is 1. The van der Waals surface area contributed by atoms with Gasteiger partial charge in [0.2, 0.25) is 0 Å². The molecule has 216 valence electrons. The molecule has 1 rings (SSSR count). The molecule has 1 fully saturated rings. The van der Waals surface area contributed by atoms with Crippen LogP contribution in [0.1, 0.15) is 38.5 Å². The third-order valence-electron chi connectivity index (χ3n) is 5.83. The number of rotatable bonds is 17. The Bertz CT molecular complexity index is 662. The summed E-state index contributed by atoms with van der Waals surface area (Å²) in [6.07, 6.45) is -4.76. The number of esters is 3. The van der Waals surface area contributed by atoms with Crippen LogP contribution in [0.25, 0.3) is 0 Å². The fourth-order valence-corrected chi connectivity index (χ4v) is 3.65. The van der Waals surface area contributed by atoms with Crippen molar-refractivity contribution in [2.24, 2.45) is 34.4 Å². The fourth-order valence-electron chi connectivity index (χ4n) is 3.65. The van der Waals surface area contributed by atoms with Gasteiger partial charge in [0.05, 0.1) is 6.61 Å². The molecule has 8 atom stereocenters. The van der Waals surface area contributed by atoms with Crippen molar-refractivity contribution in [3.8, 4) is 0 Å². The maximum atomic E-state index is 12.8. The van der Waals surface area contributed by atoms with Gasteiger partial charge in [-0.15, -0.1) is 0 Å². The zero-order valence-corrected chi connectivity index (χ0v) is 21.4. The van der Waals surface area contributed by atoms with Gasteiger partial charge in [-0.3, -0.25) is 14.4 Å². The lowest BCUT2D eigenvalue weighted by Crippen LogP contribution is -2.64. The molecule has 1 aliphatic heterocycles. The maximum Gasteiger partial charge on any atom is 0.323 e. The van der Waals surface area contributed by atoms with E-state index in [9.17, 15) is 19.5 Å². The normalized spacial score (nSPS) is 26.1. The van der Waals surface area contributed by atoms with E-state index in [0.717, 1.165) is 0 Å². The maximum absolute atomic E-state index is 12.8. The molecule has 37 heavy (non-hydrogen) atoms. The minimum atomic E-state index is -1.47. The van der Waals surface area contributed by atoms with E-state index >= 15 is 0 Å². The number of methoxy groups -OCH3 is 1. The summed E-state index contributed by atoms with van der Waals surface area (Å²) in [5.74, 6) is -2.56. The second-order valence-corrected chi connectivity index (χ2v) is 8.78. The average Bonchev–Trinajstić information content (AvgIpc) is 2.89. The highest BCUT2D eigenvalue weighted by molar-refractivity contribution is 5.77. The van der Waals surface area contributed by atoms with Crippen LogP contribution in [-0.2, 0) is 38.1 Å². The van der Waals surface area contributed by atoms with Gasteiger partial charge in [-0.05, 0) is 58.2 Å². The lowest BCUT2D eigenvalue weighted by Gasteiger charge is -2.44. The summed E-state index contributed by atoms with van der Waals surface area (Å²) in [6, 6.07) is -3.14. The smallest absolute Gasteiger partial charge is 0.323 e. The Hall–Kier alpha value is -1.95. The Kier molecular flexibility index (Phi) is 15.7. The molecule has 15 nitrogen and oxygen atoms in total. The van der Waals surface area contributed by atoms with Gasteiger partial charge < -0.3 is 63.2 Å². The number of ether oxygens (including phenoxy) is 5. The lowest BCUT2D eigenvalue weighted by atomic mass is 9.97. The van der Waals surface area contributed by atoms with Gasteiger partial charge in [0.25, 0.3) is 0 Å². The molecule has 0 aromatic carbocycles. The van der Waals surface area contributed by atoms with Gasteiger partial charge in [0.15, 0.2) is 24.6 Å². The van der Waals surface area contributed by atoms with Gasteiger partial charge in [-0.1, -0.05) is 0 Å². The standard InChI is InChI=1S/C22H44N6O9/c1-33-22-18(37-21(32)14(28)7-4-10-25)17(36-20(31)13(27)6-3-9-24)16(15(11-29)34-22)35-19(30)12(26)5-2-8-23/h12-18,22,29H,2-11,23-28H2,1H3/t12-,13-,14-,15+,16+,17-,18+,22-/m0/s1. The van der Waals surface area contributed by atoms with Crippen molar-refractivity contribution in [2.45, 2.75) is 87.4 Å². The first-order valence-corrected chi connectivity index (χ1v) is 12.4. The predicted molar refractivity (Wildman–Crippen MR) is 131 cm³/mol. The zero-order valence-electron chi connectivity index (χ0n) is 21.4. The Morgan fingerprint density at radius 3 is 1.46 bits per heavy atom. The molecule has 0 aromatic heterocycles. The van der Waals surface area contributed by atoms with Crippen LogP contribution < -0.4 is 34.4 Å². The molecular formula is C22H44N6O9. The van der Waals surface area contributed by atoms with E-state index in [-0.39, 0.29) is 19.3 Å². The molecule has 0 unspecified atom stereocenters. The summed E-state index contributed by atoms with van der Waals surface area (Å²) >= 11 is 0. The van der Waals surface area contributed by atoms with Crippen molar-refractivity contribution in [1.82, 2.24) is 0 Å². The summed E-state index contributed by atoms with van der Waals surface area (Å²) in [5.41, 5.74) is 34.2. The van der Waals surface area contributed by atoms with Crippen molar-refractivity contribution in [3.63, 3.8) is 0 Å². The Labute approximate surface area is 216 Å². The monoisotopic (exact) mass is 536 g/mol. The summed E-state index contributed by atoms with van der Waals surface area (Å²) in [6.45, 7) is 0.277. The molecule has 1 saturated heterocycles. The number of hydrogen-bond acceptors (Lipinski definition) is 15. The van der Waals surface area contributed by atoms with Crippen molar-refractivity contribution in [3.05, 3.63) is 0 Å². The first-order chi connectivity index (χ1) is 17.6. The van der Waals surface area contributed by atoms with Crippen molar-refractivity contribution >= 4 is 17.9 Å². The van der Waals surface area contributed by atoms with Crippen molar-refractivity contribution < 1.29 is 43.2 Å². The van der Waals surface area contributed by atoms with Crippen LogP contribution in [0.2, 0.25) is 0 Å². The van der Waals surface area contributed by atoms with Crippen molar-refractivity contribution in [1.29, 1.82) is 0 Å².